The van der Waals surface area contributed by atoms with Crippen molar-refractivity contribution in [2.45, 2.75) is 38.5 Å². The van der Waals surface area contributed by atoms with Crippen molar-refractivity contribution in [3.8, 4) is 11.5 Å². The van der Waals surface area contributed by atoms with Gasteiger partial charge in [-0.05, 0) is 24.1 Å². The Bertz CT molecular complexity index is 401. The number of unbranched alkanes of at least 4 members (excludes halogenated alkanes) is 2. The molecule has 1 unspecified atom stereocenters. The zero-order valence-electron chi connectivity index (χ0n) is 10.8. The lowest BCUT2D eigenvalue weighted by Gasteiger charge is -2.14. The van der Waals surface area contributed by atoms with E-state index < -0.39 is 11.9 Å². The van der Waals surface area contributed by atoms with E-state index in [1.807, 2.05) is 0 Å². The van der Waals surface area contributed by atoms with Gasteiger partial charge in [-0.1, -0.05) is 32.3 Å². The normalized spacial score (nSPS) is 12.1. The van der Waals surface area contributed by atoms with Crippen LogP contribution in [0, 0.1) is 0 Å². The number of hydrogen-bond donors (Lipinski definition) is 2. The minimum atomic E-state index is -0.834. The molecule has 1 aromatic rings. The van der Waals surface area contributed by atoms with Gasteiger partial charge in [0, 0.05) is 0 Å². The Morgan fingerprint density at radius 2 is 2.11 bits per heavy atom. The second-order valence-electron chi connectivity index (χ2n) is 4.32. The lowest BCUT2D eigenvalue weighted by atomic mass is 9.93. The summed E-state index contributed by atoms with van der Waals surface area (Å²) in [7, 11) is 1.45. The van der Waals surface area contributed by atoms with Gasteiger partial charge in [-0.2, -0.15) is 0 Å². The van der Waals surface area contributed by atoms with E-state index in [4.69, 9.17) is 4.74 Å². The van der Waals surface area contributed by atoms with E-state index in [1.54, 1.807) is 12.1 Å². The molecule has 0 heterocycles. The van der Waals surface area contributed by atoms with Crippen molar-refractivity contribution in [2.75, 3.05) is 7.11 Å². The van der Waals surface area contributed by atoms with Crippen LogP contribution in [-0.4, -0.2) is 23.3 Å². The first-order valence-corrected chi connectivity index (χ1v) is 6.19. The molecular weight excluding hydrogens is 232 g/mol. The van der Waals surface area contributed by atoms with Gasteiger partial charge in [0.25, 0.3) is 0 Å². The Morgan fingerprint density at radius 3 is 2.67 bits per heavy atom. The van der Waals surface area contributed by atoms with E-state index in [-0.39, 0.29) is 5.75 Å². The predicted molar refractivity (Wildman–Crippen MR) is 69.2 cm³/mol. The fraction of sp³-hybridized carbons (Fsp3) is 0.500. The highest BCUT2D eigenvalue weighted by molar-refractivity contribution is 5.76. The molecule has 1 atom stereocenters. The summed E-state index contributed by atoms with van der Waals surface area (Å²) in [5.41, 5.74) is 0.674. The molecule has 0 saturated carbocycles. The molecule has 0 spiro atoms. The zero-order valence-corrected chi connectivity index (χ0v) is 10.8. The number of carbonyl (C=O) groups is 1. The number of hydrogen-bond acceptors (Lipinski definition) is 3. The highest BCUT2D eigenvalue weighted by atomic mass is 16.5. The van der Waals surface area contributed by atoms with Crippen molar-refractivity contribution < 1.29 is 19.7 Å². The Kier molecular flexibility index (Phi) is 5.49. The lowest BCUT2D eigenvalue weighted by Crippen LogP contribution is -2.11. The van der Waals surface area contributed by atoms with Gasteiger partial charge in [-0.15, -0.1) is 0 Å². The van der Waals surface area contributed by atoms with E-state index in [0.29, 0.717) is 17.7 Å². The SMILES string of the molecule is CCCCCC(C(=O)O)c1ccc(O)c(OC)c1. The van der Waals surface area contributed by atoms with Crippen molar-refractivity contribution in [3.05, 3.63) is 23.8 Å². The fourth-order valence-corrected chi connectivity index (χ4v) is 1.94. The van der Waals surface area contributed by atoms with Crippen LogP contribution in [0.4, 0.5) is 0 Å². The molecule has 18 heavy (non-hydrogen) atoms. The van der Waals surface area contributed by atoms with Crippen LogP contribution in [-0.2, 0) is 4.79 Å². The molecule has 0 aliphatic carbocycles. The van der Waals surface area contributed by atoms with Crippen LogP contribution in [0.5, 0.6) is 11.5 Å². The summed E-state index contributed by atoms with van der Waals surface area (Å²) >= 11 is 0. The van der Waals surface area contributed by atoms with E-state index in [0.717, 1.165) is 19.3 Å². The van der Waals surface area contributed by atoms with Crippen LogP contribution < -0.4 is 4.74 Å². The Hall–Kier alpha value is -1.71. The van der Waals surface area contributed by atoms with E-state index in [2.05, 4.69) is 6.92 Å². The molecule has 4 heteroatoms. The van der Waals surface area contributed by atoms with Crippen molar-refractivity contribution in [1.82, 2.24) is 0 Å². The number of aromatic hydroxyl groups is 1. The largest absolute Gasteiger partial charge is 0.504 e. The van der Waals surface area contributed by atoms with Crippen molar-refractivity contribution in [3.63, 3.8) is 0 Å². The van der Waals surface area contributed by atoms with E-state index in [9.17, 15) is 15.0 Å². The maximum absolute atomic E-state index is 11.3. The standard InChI is InChI=1S/C14H20O4/c1-3-4-5-6-11(14(16)17)10-7-8-12(15)13(9-10)18-2/h7-9,11,15H,3-6H2,1-2H3,(H,16,17). The van der Waals surface area contributed by atoms with Crippen LogP contribution >= 0.6 is 0 Å². The topological polar surface area (TPSA) is 66.8 Å². The average Bonchev–Trinajstić information content (AvgIpc) is 2.35. The summed E-state index contributed by atoms with van der Waals surface area (Å²) in [6.45, 7) is 2.08. The Balaban J connectivity index is 2.88. The third-order valence-electron chi connectivity index (χ3n) is 3.00. The van der Waals surface area contributed by atoms with Crippen LogP contribution in [0.2, 0.25) is 0 Å². The molecule has 0 fully saturated rings. The summed E-state index contributed by atoms with van der Waals surface area (Å²) < 4.78 is 5.00. The fourth-order valence-electron chi connectivity index (χ4n) is 1.94. The molecule has 0 bridgehead atoms. The molecule has 100 valence electrons. The zero-order chi connectivity index (χ0) is 13.5. The number of carboxylic acid groups (broad SMARTS) is 1. The van der Waals surface area contributed by atoms with Gasteiger partial charge in [0.1, 0.15) is 0 Å². The van der Waals surface area contributed by atoms with E-state index in [1.165, 1.54) is 13.2 Å². The summed E-state index contributed by atoms with van der Waals surface area (Å²) in [5.74, 6) is -1.03. The average molecular weight is 252 g/mol. The molecule has 0 radical (unpaired) electrons. The molecule has 0 saturated heterocycles. The van der Waals surface area contributed by atoms with Gasteiger partial charge in [-0.3, -0.25) is 4.79 Å². The summed E-state index contributed by atoms with van der Waals surface area (Å²) in [4.78, 5) is 11.3. The number of benzene rings is 1. The molecule has 0 aliphatic heterocycles. The number of methoxy groups -OCH3 is 1. The number of aliphatic carboxylic acids is 1. The number of ether oxygens (including phenoxy) is 1. The first kappa shape index (κ1) is 14.4. The minimum Gasteiger partial charge on any atom is -0.504 e. The molecule has 0 aliphatic rings. The summed E-state index contributed by atoms with van der Waals surface area (Å²) in [6, 6.07) is 4.71. The highest BCUT2D eigenvalue weighted by Gasteiger charge is 2.20. The quantitative estimate of drug-likeness (QED) is 0.731. The minimum absolute atomic E-state index is 0.0268. The smallest absolute Gasteiger partial charge is 0.310 e. The van der Waals surface area contributed by atoms with Crippen molar-refractivity contribution >= 4 is 5.97 Å². The van der Waals surface area contributed by atoms with Gasteiger partial charge in [0.2, 0.25) is 0 Å². The van der Waals surface area contributed by atoms with Gasteiger partial charge >= 0.3 is 5.97 Å². The number of phenolic OH excluding ortho intramolecular Hbond substituents is 1. The first-order chi connectivity index (χ1) is 8.60. The second-order valence-corrected chi connectivity index (χ2v) is 4.32. The molecule has 0 aromatic heterocycles. The molecular formula is C14H20O4. The monoisotopic (exact) mass is 252 g/mol. The van der Waals surface area contributed by atoms with Crippen LogP contribution in [0.3, 0.4) is 0 Å². The summed E-state index contributed by atoms with van der Waals surface area (Å²) in [5, 5.41) is 18.8. The Labute approximate surface area is 107 Å². The van der Waals surface area contributed by atoms with Gasteiger partial charge in [-0.25, -0.2) is 0 Å². The van der Waals surface area contributed by atoms with E-state index >= 15 is 0 Å². The molecule has 1 aromatic carbocycles. The number of phenols is 1. The third-order valence-corrected chi connectivity index (χ3v) is 3.00. The number of rotatable bonds is 7. The van der Waals surface area contributed by atoms with Gasteiger partial charge < -0.3 is 14.9 Å². The van der Waals surface area contributed by atoms with Crippen LogP contribution in [0.15, 0.2) is 18.2 Å². The lowest BCUT2D eigenvalue weighted by molar-refractivity contribution is -0.139. The number of carboxylic acids is 1. The molecule has 0 amide bonds. The van der Waals surface area contributed by atoms with Crippen LogP contribution in [0.1, 0.15) is 44.1 Å². The highest BCUT2D eigenvalue weighted by Crippen LogP contribution is 2.31. The van der Waals surface area contributed by atoms with Crippen LogP contribution in [0.25, 0.3) is 0 Å². The first-order valence-electron chi connectivity index (χ1n) is 6.19. The molecule has 2 N–H and O–H groups in total. The predicted octanol–water partition coefficient (Wildman–Crippen LogP) is 3.15. The summed E-state index contributed by atoms with van der Waals surface area (Å²) in [6.07, 6.45) is 3.58. The maximum Gasteiger partial charge on any atom is 0.310 e. The second kappa shape index (κ2) is 6.89. The molecule has 4 nitrogen and oxygen atoms in total. The van der Waals surface area contributed by atoms with Crippen molar-refractivity contribution in [1.29, 1.82) is 0 Å². The Morgan fingerprint density at radius 1 is 1.39 bits per heavy atom. The van der Waals surface area contributed by atoms with Gasteiger partial charge in [0.15, 0.2) is 11.5 Å². The third kappa shape index (κ3) is 3.65. The molecule has 1 rings (SSSR count). The maximum atomic E-state index is 11.3. The van der Waals surface area contributed by atoms with Gasteiger partial charge in [0.05, 0.1) is 13.0 Å². The van der Waals surface area contributed by atoms with Crippen molar-refractivity contribution in [2.24, 2.45) is 0 Å².